The summed E-state index contributed by atoms with van der Waals surface area (Å²) in [7, 11) is 7.79. The summed E-state index contributed by atoms with van der Waals surface area (Å²) in [4.78, 5) is 49.8. The Hall–Kier alpha value is -6.62. The number of hydrogen-bond donors (Lipinski definition) is 0. The van der Waals surface area contributed by atoms with E-state index in [1.807, 2.05) is 72.8 Å². The molecule has 6 aromatic carbocycles. The molecule has 4 aliphatic rings. The normalized spacial score (nSPS) is 17.9. The van der Waals surface area contributed by atoms with E-state index >= 15 is 0 Å². The molecule has 342 valence electrons. The summed E-state index contributed by atoms with van der Waals surface area (Å²) in [5.41, 5.74) is 11.8. The number of methoxy groups -OCH3 is 5. The highest BCUT2D eigenvalue weighted by Gasteiger charge is 2.52. The van der Waals surface area contributed by atoms with E-state index in [0.717, 1.165) is 75.0 Å². The van der Waals surface area contributed by atoms with Crippen LogP contribution in [0, 0.1) is 11.3 Å². The van der Waals surface area contributed by atoms with Crippen LogP contribution in [0.15, 0.2) is 139 Å². The Bertz CT molecular complexity index is 2840. The highest BCUT2D eigenvalue weighted by atomic mass is 79.9. The number of fused-ring (bicyclic) bond motifs is 4. The van der Waals surface area contributed by atoms with Crippen molar-refractivity contribution in [3.63, 3.8) is 0 Å². The Morgan fingerprint density at radius 3 is 1.67 bits per heavy atom. The van der Waals surface area contributed by atoms with Crippen molar-refractivity contribution in [2.75, 3.05) is 35.5 Å². The maximum atomic E-state index is 14.0. The molecule has 0 spiro atoms. The molecule has 10 heteroatoms. The van der Waals surface area contributed by atoms with Gasteiger partial charge >= 0.3 is 11.9 Å². The molecular weight excluding hydrogens is 909 g/mol. The van der Waals surface area contributed by atoms with E-state index in [9.17, 15) is 19.2 Å². The van der Waals surface area contributed by atoms with Crippen LogP contribution in [0.1, 0.15) is 85.9 Å². The first-order valence-corrected chi connectivity index (χ1v) is 23.4. The zero-order chi connectivity index (χ0) is 47.3. The standard InChI is InChI=1S/C28H24O4.C20H20O3.C9H9BrO2/c1-31-25-9-5-8-23-24(25)17-28(26(23)29,22-14-20-6-3-4-7-21(20)15-22)16-18-10-12-19(13-11-18)27(30)32-2;1-22-18-9-5-8-15-16(18)10-17(19(15)21)20(23-2)11-13-6-3-4-7-14(13)12-20;1-12-9(11)8-4-2-7(6-10)3-5-8/h3-14H,15-17H2,1-2H3;3-9,17H,10-12H2,1-2H3;2-5H,6H2,1H3. The van der Waals surface area contributed by atoms with Gasteiger partial charge in [0.15, 0.2) is 11.6 Å². The number of ketones is 2. The van der Waals surface area contributed by atoms with Crippen molar-refractivity contribution in [3.8, 4) is 11.5 Å². The van der Waals surface area contributed by atoms with E-state index in [-0.39, 0.29) is 29.4 Å². The minimum absolute atomic E-state index is 0.141. The third-order valence-electron chi connectivity index (χ3n) is 13.8. The summed E-state index contributed by atoms with van der Waals surface area (Å²) in [6.07, 6.45) is 6.40. The number of benzene rings is 6. The SMILES string of the molecule is COC(=O)c1ccc(CBr)cc1.COC(=O)c1ccc(CC2(C3=Cc4ccccc4C3)Cc3c(OC)cccc3C2=O)cc1.COc1cccc2c1CC(C1(OC)Cc3ccccc3C1)C2=O. The molecule has 0 aliphatic heterocycles. The minimum Gasteiger partial charge on any atom is -0.496 e. The fourth-order valence-electron chi connectivity index (χ4n) is 10.2. The molecule has 0 N–H and O–H groups in total. The van der Waals surface area contributed by atoms with Gasteiger partial charge in [0.05, 0.1) is 56.5 Å². The van der Waals surface area contributed by atoms with Crippen LogP contribution in [-0.2, 0) is 58.1 Å². The zero-order valence-corrected chi connectivity index (χ0v) is 39.9. The van der Waals surface area contributed by atoms with Crippen LogP contribution in [0.5, 0.6) is 11.5 Å². The van der Waals surface area contributed by atoms with Gasteiger partial charge in [-0.15, -0.1) is 0 Å². The van der Waals surface area contributed by atoms with Crippen molar-refractivity contribution in [3.05, 3.63) is 206 Å². The van der Waals surface area contributed by atoms with Gasteiger partial charge in [0.1, 0.15) is 11.5 Å². The first-order valence-electron chi connectivity index (χ1n) is 22.2. The second kappa shape index (κ2) is 20.1. The fourth-order valence-corrected chi connectivity index (χ4v) is 10.6. The number of rotatable bonds is 10. The molecule has 0 amide bonds. The largest absolute Gasteiger partial charge is 0.496 e. The maximum Gasteiger partial charge on any atom is 0.337 e. The molecule has 6 aromatic rings. The van der Waals surface area contributed by atoms with Crippen LogP contribution in [0.25, 0.3) is 6.08 Å². The molecule has 0 radical (unpaired) electrons. The summed E-state index contributed by atoms with van der Waals surface area (Å²) < 4.78 is 26.4. The van der Waals surface area contributed by atoms with Crippen molar-refractivity contribution in [2.24, 2.45) is 11.3 Å². The van der Waals surface area contributed by atoms with Gasteiger partial charge in [0.25, 0.3) is 0 Å². The van der Waals surface area contributed by atoms with E-state index in [1.54, 1.807) is 45.6 Å². The lowest BCUT2D eigenvalue weighted by atomic mass is 9.71. The first kappa shape index (κ1) is 46.9. The number of hydrogen-bond acceptors (Lipinski definition) is 9. The molecular formula is C57H53BrO9. The average molecular weight is 962 g/mol. The Morgan fingerprint density at radius 2 is 1.13 bits per heavy atom. The van der Waals surface area contributed by atoms with E-state index < -0.39 is 11.0 Å². The molecule has 0 saturated carbocycles. The molecule has 0 bridgehead atoms. The first-order chi connectivity index (χ1) is 32.5. The van der Waals surface area contributed by atoms with Gasteiger partial charge in [-0.3, -0.25) is 9.59 Å². The lowest BCUT2D eigenvalue weighted by molar-refractivity contribution is -0.0385. The number of carbonyl (C=O) groups is 4. The average Bonchev–Trinajstić information content (AvgIpc) is 4.15. The molecule has 0 saturated heterocycles. The number of ether oxygens (including phenoxy) is 5. The van der Waals surface area contributed by atoms with Crippen LogP contribution in [0.3, 0.4) is 0 Å². The quantitative estimate of drug-likeness (QED) is 0.0978. The summed E-state index contributed by atoms with van der Waals surface area (Å²) in [5.74, 6) is 1.09. The van der Waals surface area contributed by atoms with E-state index in [0.29, 0.717) is 30.4 Å². The number of carbonyl (C=O) groups excluding carboxylic acids is 4. The van der Waals surface area contributed by atoms with Crippen LogP contribution in [0.4, 0.5) is 0 Å². The van der Waals surface area contributed by atoms with Crippen molar-refractivity contribution in [2.45, 2.75) is 49.5 Å². The highest BCUT2D eigenvalue weighted by Crippen LogP contribution is 2.51. The van der Waals surface area contributed by atoms with Crippen LogP contribution in [0.2, 0.25) is 0 Å². The van der Waals surface area contributed by atoms with E-state index in [2.05, 4.69) is 63.1 Å². The van der Waals surface area contributed by atoms with Gasteiger partial charge < -0.3 is 23.7 Å². The topological polar surface area (TPSA) is 114 Å². The van der Waals surface area contributed by atoms with Gasteiger partial charge in [-0.2, -0.15) is 0 Å². The predicted octanol–water partition coefficient (Wildman–Crippen LogP) is 10.7. The number of halogens is 1. The van der Waals surface area contributed by atoms with E-state index in [1.165, 1.54) is 36.5 Å². The Kier molecular flexibility index (Phi) is 14.1. The van der Waals surface area contributed by atoms with Gasteiger partial charge in [-0.25, -0.2) is 9.59 Å². The second-order valence-electron chi connectivity index (χ2n) is 17.3. The highest BCUT2D eigenvalue weighted by molar-refractivity contribution is 9.08. The third-order valence-corrected chi connectivity index (χ3v) is 14.4. The van der Waals surface area contributed by atoms with Gasteiger partial charge in [-0.05, 0) is 95.5 Å². The summed E-state index contributed by atoms with van der Waals surface area (Å²) >= 11 is 3.32. The second-order valence-corrected chi connectivity index (χ2v) is 17.9. The summed E-state index contributed by atoms with van der Waals surface area (Å²) in [6.45, 7) is 0. The van der Waals surface area contributed by atoms with Gasteiger partial charge in [0.2, 0.25) is 0 Å². The zero-order valence-electron chi connectivity index (χ0n) is 38.4. The smallest absolute Gasteiger partial charge is 0.337 e. The molecule has 2 unspecified atom stereocenters. The molecule has 10 rings (SSSR count). The maximum absolute atomic E-state index is 14.0. The number of esters is 2. The summed E-state index contributed by atoms with van der Waals surface area (Å²) in [5, 5.41) is 0.800. The van der Waals surface area contributed by atoms with Crippen molar-refractivity contribution < 1.29 is 42.9 Å². The Morgan fingerprint density at radius 1 is 0.597 bits per heavy atom. The van der Waals surface area contributed by atoms with Crippen LogP contribution >= 0.6 is 15.9 Å². The molecule has 4 aliphatic carbocycles. The molecule has 2 atom stereocenters. The van der Waals surface area contributed by atoms with Crippen molar-refractivity contribution in [1.82, 2.24) is 0 Å². The Labute approximate surface area is 400 Å². The third kappa shape index (κ3) is 9.12. The number of Topliss-reactive ketones (excluding diaryl/α,β-unsaturated/α-hetero) is 2. The van der Waals surface area contributed by atoms with Gasteiger partial charge in [0, 0.05) is 47.5 Å². The van der Waals surface area contributed by atoms with Crippen molar-refractivity contribution >= 4 is 45.5 Å². The lowest BCUT2D eigenvalue weighted by Gasteiger charge is -2.33. The molecule has 0 heterocycles. The monoisotopic (exact) mass is 960 g/mol. The fraction of sp³-hybridized carbons (Fsp3) is 0.263. The van der Waals surface area contributed by atoms with Gasteiger partial charge in [-0.1, -0.05) is 125 Å². The Balaban J connectivity index is 0.000000151. The van der Waals surface area contributed by atoms with Crippen LogP contribution in [-0.4, -0.2) is 64.7 Å². The molecule has 0 fully saturated rings. The van der Waals surface area contributed by atoms with E-state index in [4.69, 9.17) is 18.9 Å². The molecule has 9 nitrogen and oxygen atoms in total. The molecule has 67 heavy (non-hydrogen) atoms. The lowest BCUT2D eigenvalue weighted by Crippen LogP contribution is -2.44. The van der Waals surface area contributed by atoms with Crippen LogP contribution < -0.4 is 9.47 Å². The molecule has 0 aromatic heterocycles. The summed E-state index contributed by atoms with van der Waals surface area (Å²) in [6, 6.07) is 42.8. The number of alkyl halides is 1. The number of allylic oxidation sites excluding steroid dienone is 1. The minimum atomic E-state index is -0.678. The van der Waals surface area contributed by atoms with Crippen molar-refractivity contribution in [1.29, 1.82) is 0 Å². The predicted molar refractivity (Wildman–Crippen MR) is 262 cm³/mol.